The fourth-order valence-electron chi connectivity index (χ4n) is 6.42. The second-order valence-corrected chi connectivity index (χ2v) is 25.1. The molecule has 5 heteroatoms. The van der Waals surface area contributed by atoms with Gasteiger partial charge in [0.25, 0.3) is 16.6 Å². The number of hydrogen-bond donors (Lipinski definition) is 0. The van der Waals surface area contributed by atoms with Gasteiger partial charge in [0.1, 0.15) is 0 Å². The van der Waals surface area contributed by atoms with E-state index in [1.807, 2.05) is 0 Å². The number of carbonyl (C=O) groups is 1. The Balaban J connectivity index is 6.73. The van der Waals surface area contributed by atoms with Crippen LogP contribution in [0.15, 0.2) is 0 Å². The van der Waals surface area contributed by atoms with Crippen molar-refractivity contribution in [3.8, 4) is 0 Å². The van der Waals surface area contributed by atoms with Gasteiger partial charge in [0, 0.05) is 10.1 Å². The lowest BCUT2D eigenvalue weighted by Crippen LogP contribution is -2.62. The van der Waals surface area contributed by atoms with E-state index >= 15 is 0 Å². The zero-order chi connectivity index (χ0) is 26.3. The molecule has 0 N–H and O–H groups in total. The van der Waals surface area contributed by atoms with Crippen LogP contribution in [0.4, 0.5) is 4.79 Å². The van der Waals surface area contributed by atoms with Gasteiger partial charge in [-0.1, -0.05) is 125 Å². The minimum atomic E-state index is -2.60. The van der Waals surface area contributed by atoms with Crippen LogP contribution >= 0.6 is 0 Å². The highest BCUT2D eigenvalue weighted by Gasteiger charge is 2.64. The first-order valence-corrected chi connectivity index (χ1v) is 16.9. The highest BCUT2D eigenvalue weighted by molar-refractivity contribution is 6.82. The topological polar surface area (TPSA) is 35.5 Å². The first-order valence-electron chi connectivity index (χ1n) is 12.8. The molecular weight excluding hydrogens is 428 g/mol. The molecule has 0 radical (unpaired) electrons. The molecule has 0 aliphatic carbocycles. The standard InChI is InChI=1S/C27H58O3Si2/c1-19(2)31(20(3)4,26(15,16)24(9,10)11)29-23(28)30-32(21(5)6,22(7)8)27(17,18)25(12,13)14/h19-22H,1-18H3. The third kappa shape index (κ3) is 5.04. The maximum Gasteiger partial charge on any atom is 0.480 e. The fraction of sp³-hybridized carbons (Fsp3) is 0.963. The van der Waals surface area contributed by atoms with Crippen molar-refractivity contribution in [3.63, 3.8) is 0 Å². The first kappa shape index (κ1) is 31.7. The summed E-state index contributed by atoms with van der Waals surface area (Å²) in [7, 11) is -5.21. The SMILES string of the molecule is CC(C)[Si](OC(=O)O[Si](C(C)C)(C(C)C)C(C)(C)C(C)(C)C)(C(C)C)C(C)(C)C(C)(C)C. The summed E-state index contributed by atoms with van der Waals surface area (Å²) in [6.07, 6.45) is -0.414. The molecule has 0 bridgehead atoms. The van der Waals surface area contributed by atoms with Gasteiger partial charge in [-0.05, 0) is 33.0 Å². The molecule has 0 fully saturated rings. The highest BCUT2D eigenvalue weighted by Crippen LogP contribution is 2.62. The summed E-state index contributed by atoms with van der Waals surface area (Å²) in [5.41, 5.74) is 1.15. The van der Waals surface area contributed by atoms with Gasteiger partial charge < -0.3 is 8.85 Å². The van der Waals surface area contributed by atoms with Crippen LogP contribution < -0.4 is 0 Å². The van der Waals surface area contributed by atoms with Crippen LogP contribution in [0.5, 0.6) is 0 Å². The van der Waals surface area contributed by atoms with Crippen molar-refractivity contribution in [2.75, 3.05) is 0 Å². The van der Waals surface area contributed by atoms with E-state index in [9.17, 15) is 4.79 Å². The molecule has 0 heterocycles. The predicted octanol–water partition coefficient (Wildman–Crippen LogP) is 10.3. The van der Waals surface area contributed by atoms with E-state index in [1.165, 1.54) is 0 Å². The molecule has 192 valence electrons. The lowest BCUT2D eigenvalue weighted by molar-refractivity contribution is 0.119. The molecule has 0 rings (SSSR count). The third-order valence-electron chi connectivity index (χ3n) is 9.64. The lowest BCUT2D eigenvalue weighted by atomic mass is 9.82. The number of hydrogen-bond acceptors (Lipinski definition) is 3. The van der Waals surface area contributed by atoms with Crippen molar-refractivity contribution in [2.45, 2.75) is 157 Å². The average Bonchev–Trinajstić information content (AvgIpc) is 2.53. The summed E-state index contributed by atoms with van der Waals surface area (Å²) < 4.78 is 13.5. The minimum absolute atomic E-state index is 0.00331. The van der Waals surface area contributed by atoms with E-state index in [2.05, 4.69) is 125 Å². The van der Waals surface area contributed by atoms with Crippen LogP contribution in [-0.2, 0) is 8.85 Å². The third-order valence-corrected chi connectivity index (χ3v) is 22.9. The smallest absolute Gasteiger partial charge is 0.480 e. The molecule has 0 amide bonds. The zero-order valence-electron chi connectivity index (χ0n) is 25.0. The zero-order valence-corrected chi connectivity index (χ0v) is 27.0. The van der Waals surface area contributed by atoms with E-state index in [-0.39, 0.29) is 43.1 Å². The van der Waals surface area contributed by atoms with Crippen molar-refractivity contribution in [1.29, 1.82) is 0 Å². The molecule has 0 aliphatic rings. The molecule has 0 saturated heterocycles. The van der Waals surface area contributed by atoms with Crippen molar-refractivity contribution in [3.05, 3.63) is 0 Å². The molecule has 3 nitrogen and oxygen atoms in total. The molecule has 0 saturated carbocycles. The van der Waals surface area contributed by atoms with Gasteiger partial charge in [-0.2, -0.15) is 0 Å². The predicted molar refractivity (Wildman–Crippen MR) is 146 cm³/mol. The molecule has 0 unspecified atom stereocenters. The molecular formula is C27H58O3Si2. The van der Waals surface area contributed by atoms with Crippen LogP contribution in [-0.4, -0.2) is 22.8 Å². The maximum absolute atomic E-state index is 13.9. The Labute approximate surface area is 204 Å². The molecule has 0 aromatic carbocycles. The number of carbonyl (C=O) groups excluding carboxylic acids is 1. The van der Waals surface area contributed by atoms with Gasteiger partial charge in [-0.15, -0.1) is 0 Å². The second-order valence-electron chi connectivity index (χ2n) is 14.4. The highest BCUT2D eigenvalue weighted by atomic mass is 28.4. The van der Waals surface area contributed by atoms with Crippen molar-refractivity contribution in [1.82, 2.24) is 0 Å². The normalized spacial score (nSPS) is 15.2. The first-order chi connectivity index (χ1) is 13.9. The lowest BCUT2D eigenvalue weighted by Gasteiger charge is -2.57. The van der Waals surface area contributed by atoms with Gasteiger partial charge in [0.05, 0.1) is 0 Å². The van der Waals surface area contributed by atoms with Gasteiger partial charge in [0.15, 0.2) is 0 Å². The summed E-state index contributed by atoms with van der Waals surface area (Å²) >= 11 is 0. The van der Waals surface area contributed by atoms with Crippen LogP contribution in [0.2, 0.25) is 32.2 Å². The maximum atomic E-state index is 13.9. The minimum Gasteiger partial charge on any atom is -0.489 e. The summed E-state index contributed by atoms with van der Waals surface area (Å²) in [4.78, 5) is 13.9. The molecule has 0 aromatic rings. The molecule has 32 heavy (non-hydrogen) atoms. The fourth-order valence-corrected chi connectivity index (χ4v) is 19.4. The second kappa shape index (κ2) is 9.75. The van der Waals surface area contributed by atoms with E-state index < -0.39 is 22.8 Å². The van der Waals surface area contributed by atoms with E-state index in [0.717, 1.165) is 0 Å². The average molecular weight is 487 g/mol. The Morgan fingerprint density at radius 3 is 0.812 bits per heavy atom. The van der Waals surface area contributed by atoms with E-state index in [0.29, 0.717) is 0 Å². The summed E-state index contributed by atoms with van der Waals surface area (Å²) in [6.45, 7) is 40.8. The van der Waals surface area contributed by atoms with Crippen molar-refractivity contribution in [2.24, 2.45) is 10.8 Å². The van der Waals surface area contributed by atoms with Gasteiger partial charge in [0.2, 0.25) is 0 Å². The van der Waals surface area contributed by atoms with E-state index in [1.54, 1.807) is 0 Å². The van der Waals surface area contributed by atoms with Gasteiger partial charge in [-0.25, -0.2) is 4.79 Å². The Morgan fingerprint density at radius 1 is 0.500 bits per heavy atom. The monoisotopic (exact) mass is 486 g/mol. The van der Waals surface area contributed by atoms with E-state index in [4.69, 9.17) is 8.85 Å². The van der Waals surface area contributed by atoms with Crippen LogP contribution in [0.3, 0.4) is 0 Å². The number of rotatable bonds is 8. The van der Waals surface area contributed by atoms with Crippen LogP contribution in [0.25, 0.3) is 0 Å². The van der Waals surface area contributed by atoms with Gasteiger partial charge >= 0.3 is 6.16 Å². The van der Waals surface area contributed by atoms with Crippen molar-refractivity contribution < 1.29 is 13.6 Å². The van der Waals surface area contributed by atoms with Crippen LogP contribution in [0, 0.1) is 10.8 Å². The Bertz CT molecular complexity index is 562. The quantitative estimate of drug-likeness (QED) is 0.320. The van der Waals surface area contributed by atoms with Crippen LogP contribution in [0.1, 0.15) is 125 Å². The molecule has 0 aromatic heterocycles. The molecule has 0 aliphatic heterocycles. The Kier molecular flexibility index (Phi) is 9.66. The summed E-state index contributed by atoms with van der Waals surface area (Å²) in [5, 5.41) is -0.248. The Morgan fingerprint density at radius 2 is 0.688 bits per heavy atom. The van der Waals surface area contributed by atoms with Crippen molar-refractivity contribution >= 4 is 22.8 Å². The summed E-state index contributed by atoms with van der Waals surface area (Å²) in [5.74, 6) is 0. The molecule has 0 atom stereocenters. The molecule has 0 spiro atoms. The van der Waals surface area contributed by atoms with Gasteiger partial charge in [-0.3, -0.25) is 0 Å². The summed E-state index contributed by atoms with van der Waals surface area (Å²) in [6, 6.07) is 0. The largest absolute Gasteiger partial charge is 0.489 e. The Hall–Kier alpha value is -0.296.